The predicted molar refractivity (Wildman–Crippen MR) is 67.6 cm³/mol. The van der Waals surface area contributed by atoms with Crippen LogP contribution in [0, 0.1) is 5.92 Å². The molecule has 0 aromatic heterocycles. The van der Waals surface area contributed by atoms with Crippen LogP contribution in [0.2, 0.25) is 0 Å². The van der Waals surface area contributed by atoms with E-state index in [9.17, 15) is 5.11 Å². The van der Waals surface area contributed by atoms with Gasteiger partial charge in [0.25, 0.3) is 0 Å². The van der Waals surface area contributed by atoms with E-state index in [2.05, 4.69) is 5.32 Å². The number of fused-ring (bicyclic) bond motifs is 1. The Labute approximate surface area is 107 Å². The summed E-state index contributed by atoms with van der Waals surface area (Å²) in [6.45, 7) is 2.01. The van der Waals surface area contributed by atoms with E-state index >= 15 is 0 Å². The summed E-state index contributed by atoms with van der Waals surface area (Å²) < 4.78 is 10.6. The Morgan fingerprint density at radius 3 is 2.94 bits per heavy atom. The number of ether oxygens (including phenoxy) is 2. The standard InChI is InChI=1S/C14H19NO3/c16-12-3-1-2-11(12)8-15-7-10-4-5-13-14(6-10)18-9-17-13/h4-6,11-12,15-16H,1-3,7-9H2. The van der Waals surface area contributed by atoms with Gasteiger partial charge in [-0.3, -0.25) is 0 Å². The first-order chi connectivity index (χ1) is 8.83. The first-order valence-corrected chi connectivity index (χ1v) is 6.60. The lowest BCUT2D eigenvalue weighted by Gasteiger charge is -2.15. The highest BCUT2D eigenvalue weighted by Crippen LogP contribution is 2.32. The fraction of sp³-hybridized carbons (Fsp3) is 0.571. The summed E-state index contributed by atoms with van der Waals surface area (Å²) in [5.41, 5.74) is 1.19. The molecule has 1 aromatic rings. The van der Waals surface area contributed by atoms with E-state index in [1.54, 1.807) is 0 Å². The Hall–Kier alpha value is -1.26. The van der Waals surface area contributed by atoms with Crippen molar-refractivity contribution >= 4 is 0 Å². The maximum absolute atomic E-state index is 9.74. The van der Waals surface area contributed by atoms with E-state index < -0.39 is 0 Å². The zero-order valence-corrected chi connectivity index (χ0v) is 10.4. The van der Waals surface area contributed by atoms with Gasteiger partial charge in [-0.1, -0.05) is 12.5 Å². The molecule has 0 amide bonds. The Bertz CT molecular complexity index is 422. The topological polar surface area (TPSA) is 50.7 Å². The summed E-state index contributed by atoms with van der Waals surface area (Å²) in [6, 6.07) is 6.01. The minimum absolute atomic E-state index is 0.116. The van der Waals surface area contributed by atoms with Gasteiger partial charge in [0.1, 0.15) is 0 Å². The number of hydrogen-bond donors (Lipinski definition) is 2. The smallest absolute Gasteiger partial charge is 0.231 e. The van der Waals surface area contributed by atoms with Gasteiger partial charge in [0, 0.05) is 13.1 Å². The number of hydrogen-bond acceptors (Lipinski definition) is 4. The number of aliphatic hydroxyl groups excluding tert-OH is 1. The quantitative estimate of drug-likeness (QED) is 0.852. The third-order valence-corrected chi connectivity index (χ3v) is 3.79. The second kappa shape index (κ2) is 5.16. The molecular formula is C14H19NO3. The van der Waals surface area contributed by atoms with Crippen LogP contribution < -0.4 is 14.8 Å². The molecule has 1 heterocycles. The number of nitrogens with one attached hydrogen (secondary N) is 1. The van der Waals surface area contributed by atoms with E-state index in [4.69, 9.17) is 9.47 Å². The summed E-state index contributed by atoms with van der Waals surface area (Å²) in [5, 5.41) is 13.1. The molecule has 2 unspecified atom stereocenters. The van der Waals surface area contributed by atoms with Crippen LogP contribution in [0.25, 0.3) is 0 Å². The third-order valence-electron chi connectivity index (χ3n) is 3.79. The molecule has 2 atom stereocenters. The zero-order chi connectivity index (χ0) is 12.4. The SMILES string of the molecule is OC1CCCC1CNCc1ccc2c(c1)OCO2. The maximum Gasteiger partial charge on any atom is 0.231 e. The molecule has 1 saturated carbocycles. The highest BCUT2D eigenvalue weighted by atomic mass is 16.7. The lowest BCUT2D eigenvalue weighted by atomic mass is 10.1. The molecule has 98 valence electrons. The van der Waals surface area contributed by atoms with Crippen molar-refractivity contribution in [2.24, 2.45) is 5.92 Å². The van der Waals surface area contributed by atoms with Crippen LogP contribution in [-0.4, -0.2) is 24.5 Å². The van der Waals surface area contributed by atoms with Crippen LogP contribution >= 0.6 is 0 Å². The lowest BCUT2D eigenvalue weighted by molar-refractivity contribution is 0.131. The van der Waals surface area contributed by atoms with Crippen molar-refractivity contribution in [1.29, 1.82) is 0 Å². The molecule has 1 aliphatic carbocycles. The van der Waals surface area contributed by atoms with Gasteiger partial charge in [-0.15, -0.1) is 0 Å². The van der Waals surface area contributed by atoms with Crippen LogP contribution in [-0.2, 0) is 6.54 Å². The first kappa shape index (κ1) is 11.8. The normalized spacial score (nSPS) is 25.6. The zero-order valence-electron chi connectivity index (χ0n) is 10.4. The van der Waals surface area contributed by atoms with Gasteiger partial charge >= 0.3 is 0 Å². The minimum atomic E-state index is -0.116. The van der Waals surface area contributed by atoms with Crippen LogP contribution in [0.1, 0.15) is 24.8 Å². The molecule has 4 heteroatoms. The van der Waals surface area contributed by atoms with Crippen molar-refractivity contribution in [2.75, 3.05) is 13.3 Å². The summed E-state index contributed by atoms with van der Waals surface area (Å²) in [6.07, 6.45) is 3.12. The van der Waals surface area contributed by atoms with Crippen molar-refractivity contribution in [1.82, 2.24) is 5.32 Å². The Morgan fingerprint density at radius 2 is 2.11 bits per heavy atom. The van der Waals surface area contributed by atoms with Crippen molar-refractivity contribution in [2.45, 2.75) is 31.9 Å². The van der Waals surface area contributed by atoms with Gasteiger partial charge in [-0.25, -0.2) is 0 Å². The van der Waals surface area contributed by atoms with Crippen molar-refractivity contribution in [3.05, 3.63) is 23.8 Å². The van der Waals surface area contributed by atoms with Crippen molar-refractivity contribution in [3.8, 4) is 11.5 Å². The molecule has 0 saturated heterocycles. The van der Waals surface area contributed by atoms with Crippen molar-refractivity contribution < 1.29 is 14.6 Å². The molecule has 3 rings (SSSR count). The van der Waals surface area contributed by atoms with Gasteiger partial charge in [-0.05, 0) is 36.5 Å². The second-order valence-electron chi connectivity index (χ2n) is 5.08. The average molecular weight is 249 g/mol. The van der Waals surface area contributed by atoms with E-state index in [-0.39, 0.29) is 6.10 Å². The average Bonchev–Trinajstić information content (AvgIpc) is 2.98. The van der Waals surface area contributed by atoms with E-state index in [0.717, 1.165) is 43.9 Å². The Morgan fingerprint density at radius 1 is 1.22 bits per heavy atom. The summed E-state index contributed by atoms with van der Waals surface area (Å²) in [5.74, 6) is 2.07. The largest absolute Gasteiger partial charge is 0.454 e. The second-order valence-corrected chi connectivity index (χ2v) is 5.08. The number of benzene rings is 1. The van der Waals surface area contributed by atoms with E-state index in [1.807, 2.05) is 18.2 Å². The summed E-state index contributed by atoms with van der Waals surface area (Å²) in [7, 11) is 0. The van der Waals surface area contributed by atoms with Gasteiger partial charge < -0.3 is 19.9 Å². The molecule has 2 N–H and O–H groups in total. The lowest BCUT2D eigenvalue weighted by Crippen LogP contribution is -2.27. The van der Waals surface area contributed by atoms with E-state index in [0.29, 0.717) is 12.7 Å². The van der Waals surface area contributed by atoms with Gasteiger partial charge in [-0.2, -0.15) is 0 Å². The molecule has 1 aromatic carbocycles. The molecule has 1 fully saturated rings. The molecule has 4 nitrogen and oxygen atoms in total. The maximum atomic E-state index is 9.74. The Balaban J connectivity index is 1.51. The minimum Gasteiger partial charge on any atom is -0.454 e. The van der Waals surface area contributed by atoms with Gasteiger partial charge in [0.15, 0.2) is 11.5 Å². The highest BCUT2D eigenvalue weighted by molar-refractivity contribution is 5.44. The molecule has 1 aliphatic heterocycles. The molecular weight excluding hydrogens is 230 g/mol. The molecule has 2 aliphatic rings. The van der Waals surface area contributed by atoms with Crippen LogP contribution in [0.3, 0.4) is 0 Å². The van der Waals surface area contributed by atoms with Gasteiger partial charge in [0.2, 0.25) is 6.79 Å². The Kier molecular flexibility index (Phi) is 3.39. The highest BCUT2D eigenvalue weighted by Gasteiger charge is 2.24. The molecule has 0 radical (unpaired) electrons. The fourth-order valence-electron chi connectivity index (χ4n) is 2.71. The van der Waals surface area contributed by atoms with Crippen LogP contribution in [0.15, 0.2) is 18.2 Å². The fourth-order valence-corrected chi connectivity index (χ4v) is 2.71. The predicted octanol–water partition coefficient (Wildman–Crippen LogP) is 1.67. The molecule has 0 spiro atoms. The van der Waals surface area contributed by atoms with Crippen LogP contribution in [0.5, 0.6) is 11.5 Å². The first-order valence-electron chi connectivity index (χ1n) is 6.60. The monoisotopic (exact) mass is 249 g/mol. The van der Waals surface area contributed by atoms with Crippen LogP contribution in [0.4, 0.5) is 0 Å². The summed E-state index contributed by atoms with van der Waals surface area (Å²) >= 11 is 0. The third kappa shape index (κ3) is 2.44. The van der Waals surface area contributed by atoms with E-state index in [1.165, 1.54) is 5.56 Å². The van der Waals surface area contributed by atoms with Gasteiger partial charge in [0.05, 0.1) is 6.10 Å². The summed E-state index contributed by atoms with van der Waals surface area (Å²) in [4.78, 5) is 0. The molecule has 0 bridgehead atoms. The molecule has 18 heavy (non-hydrogen) atoms. The van der Waals surface area contributed by atoms with Crippen molar-refractivity contribution in [3.63, 3.8) is 0 Å². The number of rotatable bonds is 4. The number of aliphatic hydroxyl groups is 1.